The van der Waals surface area contributed by atoms with Crippen molar-refractivity contribution < 1.29 is 14.6 Å². The van der Waals surface area contributed by atoms with E-state index in [4.69, 9.17) is 9.47 Å². The van der Waals surface area contributed by atoms with Gasteiger partial charge in [0.2, 0.25) is 0 Å². The fourth-order valence-electron chi connectivity index (χ4n) is 0.893. The summed E-state index contributed by atoms with van der Waals surface area (Å²) in [4.78, 5) is 0. The van der Waals surface area contributed by atoms with Gasteiger partial charge in [-0.15, -0.1) is 0 Å². The summed E-state index contributed by atoms with van der Waals surface area (Å²) >= 11 is 0. The second-order valence-electron chi connectivity index (χ2n) is 4.40. The van der Waals surface area contributed by atoms with Gasteiger partial charge in [-0.25, -0.2) is 0 Å². The predicted octanol–water partition coefficient (Wildman–Crippen LogP) is 0.912. The van der Waals surface area contributed by atoms with Crippen LogP contribution >= 0.6 is 0 Å². The molecule has 90 valence electrons. The van der Waals surface area contributed by atoms with Gasteiger partial charge in [0.15, 0.2) is 0 Å². The molecule has 0 aliphatic rings. The van der Waals surface area contributed by atoms with Gasteiger partial charge in [0.25, 0.3) is 0 Å². The normalized spacial score (nSPS) is 13.6. The minimum Gasteiger partial charge on any atom is -0.499 e. The highest BCUT2D eigenvalue weighted by atomic mass is 16.5. The summed E-state index contributed by atoms with van der Waals surface area (Å²) in [5.41, 5.74) is 0.0208. The first-order valence-corrected chi connectivity index (χ1v) is 5.19. The lowest BCUT2D eigenvalue weighted by Gasteiger charge is -2.22. The van der Waals surface area contributed by atoms with Crippen molar-refractivity contribution in [2.75, 3.05) is 26.4 Å². The van der Waals surface area contributed by atoms with Crippen molar-refractivity contribution in [1.82, 2.24) is 5.32 Å². The molecule has 2 N–H and O–H groups in total. The van der Waals surface area contributed by atoms with Gasteiger partial charge in [0.05, 0.1) is 25.6 Å². The molecule has 1 unspecified atom stereocenters. The summed E-state index contributed by atoms with van der Waals surface area (Å²) in [6, 6.07) is 0. The van der Waals surface area contributed by atoms with Gasteiger partial charge in [-0.3, -0.25) is 0 Å². The minimum absolute atomic E-state index is 0.0208. The molecule has 0 aliphatic heterocycles. The first-order chi connectivity index (χ1) is 6.95. The van der Waals surface area contributed by atoms with Crippen LogP contribution in [0.1, 0.15) is 20.8 Å². The molecule has 0 rings (SSSR count). The van der Waals surface area contributed by atoms with Crippen LogP contribution in [0.2, 0.25) is 0 Å². The highest BCUT2D eigenvalue weighted by Crippen LogP contribution is 1.98. The molecule has 0 saturated heterocycles. The third-order valence-electron chi connectivity index (χ3n) is 1.64. The second-order valence-corrected chi connectivity index (χ2v) is 4.40. The molecule has 1 atom stereocenters. The minimum atomic E-state index is -0.479. The van der Waals surface area contributed by atoms with Crippen LogP contribution < -0.4 is 5.32 Å². The molecule has 0 heterocycles. The summed E-state index contributed by atoms with van der Waals surface area (Å²) in [5.74, 6) is 0. The van der Waals surface area contributed by atoms with Crippen LogP contribution in [0.25, 0.3) is 0 Å². The third-order valence-corrected chi connectivity index (χ3v) is 1.64. The standard InChI is InChI=1S/C11H23NO3/c1-5-14-6-7-15-9-10(13)8-12-11(2,3)4/h5,10,12-13H,1,6-9H2,2-4H3. The van der Waals surface area contributed by atoms with E-state index in [1.165, 1.54) is 6.26 Å². The molecule has 0 fully saturated rings. The first kappa shape index (κ1) is 14.4. The van der Waals surface area contributed by atoms with Crippen LogP contribution in [0, 0.1) is 0 Å². The number of aliphatic hydroxyl groups is 1. The first-order valence-electron chi connectivity index (χ1n) is 5.19. The molecular weight excluding hydrogens is 194 g/mol. The lowest BCUT2D eigenvalue weighted by atomic mass is 10.1. The SMILES string of the molecule is C=COCCOCC(O)CNC(C)(C)C. The Morgan fingerprint density at radius 1 is 1.40 bits per heavy atom. The Labute approximate surface area is 92.3 Å². The molecule has 0 spiro atoms. The van der Waals surface area contributed by atoms with E-state index in [2.05, 4.69) is 32.7 Å². The van der Waals surface area contributed by atoms with E-state index in [9.17, 15) is 5.11 Å². The van der Waals surface area contributed by atoms with Crippen LogP contribution in [0.4, 0.5) is 0 Å². The topological polar surface area (TPSA) is 50.7 Å². The van der Waals surface area contributed by atoms with Crippen molar-refractivity contribution in [1.29, 1.82) is 0 Å². The average molecular weight is 217 g/mol. The van der Waals surface area contributed by atoms with Crippen molar-refractivity contribution in [2.45, 2.75) is 32.4 Å². The summed E-state index contributed by atoms with van der Waals surface area (Å²) in [6.45, 7) is 11.4. The molecule has 4 heteroatoms. The van der Waals surface area contributed by atoms with Crippen LogP contribution in [0.15, 0.2) is 12.8 Å². The Bertz CT molecular complexity index is 166. The Balaban J connectivity index is 3.33. The Morgan fingerprint density at radius 3 is 2.60 bits per heavy atom. The highest BCUT2D eigenvalue weighted by Gasteiger charge is 2.11. The zero-order valence-corrected chi connectivity index (χ0v) is 9.95. The van der Waals surface area contributed by atoms with E-state index >= 15 is 0 Å². The molecular formula is C11H23NO3. The van der Waals surface area contributed by atoms with E-state index in [1.807, 2.05) is 0 Å². The maximum absolute atomic E-state index is 9.52. The molecule has 0 amide bonds. The molecule has 0 aliphatic carbocycles. The number of ether oxygens (including phenoxy) is 2. The Kier molecular flexibility index (Phi) is 7.38. The molecule has 0 aromatic heterocycles. The molecule has 4 nitrogen and oxygen atoms in total. The number of nitrogens with one attached hydrogen (secondary N) is 1. The number of hydrogen-bond acceptors (Lipinski definition) is 4. The van der Waals surface area contributed by atoms with Crippen molar-refractivity contribution in [2.24, 2.45) is 0 Å². The zero-order chi connectivity index (χ0) is 11.7. The number of hydrogen-bond donors (Lipinski definition) is 2. The lowest BCUT2D eigenvalue weighted by molar-refractivity contribution is 0.0172. The van der Waals surface area contributed by atoms with Crippen molar-refractivity contribution in [3.05, 3.63) is 12.8 Å². The van der Waals surface area contributed by atoms with Crippen molar-refractivity contribution in [3.63, 3.8) is 0 Å². The van der Waals surface area contributed by atoms with Gasteiger partial charge in [0.1, 0.15) is 6.61 Å². The summed E-state index contributed by atoms with van der Waals surface area (Å²) in [7, 11) is 0. The van der Waals surface area contributed by atoms with Gasteiger partial charge < -0.3 is 19.9 Å². The van der Waals surface area contributed by atoms with Crippen LogP contribution in [-0.4, -0.2) is 43.1 Å². The molecule has 15 heavy (non-hydrogen) atoms. The fraction of sp³-hybridized carbons (Fsp3) is 0.818. The number of rotatable bonds is 8. The fourth-order valence-corrected chi connectivity index (χ4v) is 0.893. The molecule has 0 aromatic carbocycles. The van der Waals surface area contributed by atoms with E-state index in [-0.39, 0.29) is 5.54 Å². The number of aliphatic hydroxyl groups excluding tert-OH is 1. The zero-order valence-electron chi connectivity index (χ0n) is 9.95. The van der Waals surface area contributed by atoms with Gasteiger partial charge >= 0.3 is 0 Å². The second kappa shape index (κ2) is 7.68. The number of β-amino-alcohol motifs (C(OH)–C–C–N with tert-alkyl or cyclic N) is 1. The van der Waals surface area contributed by atoms with Crippen molar-refractivity contribution >= 4 is 0 Å². The van der Waals surface area contributed by atoms with Crippen LogP contribution in [0.3, 0.4) is 0 Å². The summed E-state index contributed by atoms with van der Waals surface area (Å²) in [5, 5.41) is 12.7. The Morgan fingerprint density at radius 2 is 2.07 bits per heavy atom. The van der Waals surface area contributed by atoms with E-state index in [0.29, 0.717) is 26.4 Å². The van der Waals surface area contributed by atoms with Crippen molar-refractivity contribution in [3.8, 4) is 0 Å². The maximum atomic E-state index is 9.52. The van der Waals surface area contributed by atoms with Gasteiger partial charge in [-0.2, -0.15) is 0 Å². The van der Waals surface area contributed by atoms with Gasteiger partial charge in [0, 0.05) is 12.1 Å². The maximum Gasteiger partial charge on any atom is 0.111 e. The predicted molar refractivity (Wildman–Crippen MR) is 60.7 cm³/mol. The van der Waals surface area contributed by atoms with E-state index in [0.717, 1.165) is 0 Å². The summed E-state index contributed by atoms with van der Waals surface area (Å²) in [6.07, 6.45) is 0.897. The lowest BCUT2D eigenvalue weighted by Crippen LogP contribution is -2.42. The summed E-state index contributed by atoms with van der Waals surface area (Å²) < 4.78 is 10.1. The monoisotopic (exact) mass is 217 g/mol. The molecule has 0 bridgehead atoms. The average Bonchev–Trinajstić information content (AvgIpc) is 2.13. The highest BCUT2D eigenvalue weighted by molar-refractivity contribution is 4.72. The molecule has 0 saturated carbocycles. The molecule has 0 radical (unpaired) electrons. The van der Waals surface area contributed by atoms with E-state index < -0.39 is 6.10 Å². The van der Waals surface area contributed by atoms with E-state index in [1.54, 1.807) is 0 Å². The van der Waals surface area contributed by atoms with Crippen LogP contribution in [0.5, 0.6) is 0 Å². The van der Waals surface area contributed by atoms with Gasteiger partial charge in [-0.05, 0) is 20.8 Å². The smallest absolute Gasteiger partial charge is 0.111 e. The largest absolute Gasteiger partial charge is 0.499 e. The Hall–Kier alpha value is -0.580. The molecule has 0 aromatic rings. The van der Waals surface area contributed by atoms with Gasteiger partial charge in [-0.1, -0.05) is 6.58 Å². The van der Waals surface area contributed by atoms with Crippen LogP contribution in [-0.2, 0) is 9.47 Å². The third kappa shape index (κ3) is 11.3. The quantitative estimate of drug-likeness (QED) is 0.469.